The predicted molar refractivity (Wildman–Crippen MR) is 130 cm³/mol. The highest BCUT2D eigenvalue weighted by atomic mass is 16.6. The highest BCUT2D eigenvalue weighted by Gasteiger charge is 2.47. The molecule has 2 aromatic carbocycles. The van der Waals surface area contributed by atoms with Crippen LogP contribution in [0, 0.1) is 0 Å². The van der Waals surface area contributed by atoms with Crippen LogP contribution in [-0.4, -0.2) is 67.9 Å². The second kappa shape index (κ2) is 10.1. The standard InChI is InChI=1S/C27H29NO8/c1-3-33-19-8-6-16(13-21(19)32-2)24-23(26(30)27(31)28(24)15-18-5-4-10-34-18)25(29)17-7-9-20-22(14-17)36-12-11-35-20/h6-9,13-14,18,24,29H,3-5,10-12,15H2,1-2H3/b25-23+. The van der Waals surface area contributed by atoms with Crippen LogP contribution in [0.4, 0.5) is 0 Å². The van der Waals surface area contributed by atoms with Crippen molar-refractivity contribution in [2.24, 2.45) is 0 Å². The molecule has 3 aliphatic rings. The minimum atomic E-state index is -0.827. The molecule has 5 rings (SSSR count). The van der Waals surface area contributed by atoms with Crippen LogP contribution in [0.15, 0.2) is 42.0 Å². The average Bonchev–Trinajstić information content (AvgIpc) is 3.51. The van der Waals surface area contributed by atoms with Crippen LogP contribution in [0.2, 0.25) is 0 Å². The number of benzene rings is 2. The number of carbonyl (C=O) groups excluding carboxylic acids is 2. The summed E-state index contributed by atoms with van der Waals surface area (Å²) in [4.78, 5) is 28.1. The molecule has 2 unspecified atom stereocenters. The SMILES string of the molecule is CCOc1ccc(C2/C(=C(\O)c3ccc4c(c3)OCCO4)C(=O)C(=O)N2CC2CCCO2)cc1OC. The predicted octanol–water partition coefficient (Wildman–Crippen LogP) is 3.47. The molecule has 2 atom stereocenters. The first kappa shape index (κ1) is 24.0. The van der Waals surface area contributed by atoms with Gasteiger partial charge in [0.2, 0.25) is 0 Å². The van der Waals surface area contributed by atoms with Crippen molar-refractivity contribution in [2.75, 3.05) is 40.1 Å². The average molecular weight is 496 g/mol. The summed E-state index contributed by atoms with van der Waals surface area (Å²) >= 11 is 0. The van der Waals surface area contributed by atoms with Crippen LogP contribution in [-0.2, 0) is 14.3 Å². The van der Waals surface area contributed by atoms with Gasteiger partial charge in [-0.3, -0.25) is 9.59 Å². The van der Waals surface area contributed by atoms with Crippen molar-refractivity contribution >= 4 is 17.4 Å². The number of Topliss-reactive ketones (excluding diaryl/α,β-unsaturated/α-hetero) is 1. The number of hydrogen-bond acceptors (Lipinski definition) is 8. The topological polar surface area (TPSA) is 104 Å². The lowest BCUT2D eigenvalue weighted by molar-refractivity contribution is -0.140. The maximum atomic E-state index is 13.3. The largest absolute Gasteiger partial charge is 0.507 e. The van der Waals surface area contributed by atoms with Gasteiger partial charge in [-0.1, -0.05) is 6.07 Å². The van der Waals surface area contributed by atoms with E-state index >= 15 is 0 Å². The minimum Gasteiger partial charge on any atom is -0.507 e. The normalized spacial score (nSPS) is 22.7. The summed E-state index contributed by atoms with van der Waals surface area (Å²) in [5.74, 6) is 0.337. The smallest absolute Gasteiger partial charge is 0.295 e. The fourth-order valence-electron chi connectivity index (χ4n) is 4.90. The highest BCUT2D eigenvalue weighted by molar-refractivity contribution is 6.46. The van der Waals surface area contributed by atoms with E-state index in [9.17, 15) is 14.7 Å². The van der Waals surface area contributed by atoms with E-state index in [2.05, 4.69) is 0 Å². The zero-order valence-corrected chi connectivity index (χ0v) is 20.3. The Morgan fingerprint density at radius 1 is 1.06 bits per heavy atom. The minimum absolute atomic E-state index is 0.000822. The fourth-order valence-corrected chi connectivity index (χ4v) is 4.90. The van der Waals surface area contributed by atoms with Crippen LogP contribution in [0.25, 0.3) is 5.76 Å². The van der Waals surface area contributed by atoms with Gasteiger partial charge >= 0.3 is 0 Å². The summed E-state index contributed by atoms with van der Waals surface area (Å²) in [5, 5.41) is 11.4. The number of aliphatic hydroxyl groups is 1. The molecule has 2 fully saturated rings. The number of carbonyl (C=O) groups is 2. The van der Waals surface area contributed by atoms with E-state index in [1.165, 1.54) is 12.0 Å². The molecule has 2 aromatic rings. The molecule has 36 heavy (non-hydrogen) atoms. The molecular weight excluding hydrogens is 466 g/mol. The van der Waals surface area contributed by atoms with Crippen molar-refractivity contribution in [1.29, 1.82) is 0 Å². The first-order chi connectivity index (χ1) is 17.5. The number of rotatable bonds is 7. The molecule has 190 valence electrons. The van der Waals surface area contributed by atoms with Gasteiger partial charge in [-0.2, -0.15) is 0 Å². The van der Waals surface area contributed by atoms with Gasteiger partial charge in [0.1, 0.15) is 19.0 Å². The molecule has 2 saturated heterocycles. The first-order valence-corrected chi connectivity index (χ1v) is 12.1. The molecule has 0 aromatic heterocycles. The molecule has 0 saturated carbocycles. The number of nitrogens with zero attached hydrogens (tertiary/aromatic N) is 1. The summed E-state index contributed by atoms with van der Waals surface area (Å²) < 4.78 is 28.1. The Bertz CT molecular complexity index is 1200. The molecule has 0 radical (unpaired) electrons. The second-order valence-corrected chi connectivity index (χ2v) is 8.79. The molecule has 3 heterocycles. The molecule has 9 nitrogen and oxygen atoms in total. The van der Waals surface area contributed by atoms with Crippen molar-refractivity contribution in [3.63, 3.8) is 0 Å². The molecule has 0 bridgehead atoms. The molecule has 1 amide bonds. The summed E-state index contributed by atoms with van der Waals surface area (Å²) in [6, 6.07) is 9.38. The van der Waals surface area contributed by atoms with Gasteiger partial charge in [0.25, 0.3) is 11.7 Å². The van der Waals surface area contributed by atoms with E-state index < -0.39 is 17.7 Å². The monoisotopic (exact) mass is 495 g/mol. The van der Waals surface area contributed by atoms with E-state index in [-0.39, 0.29) is 24.0 Å². The van der Waals surface area contributed by atoms with E-state index in [0.29, 0.717) is 60.6 Å². The summed E-state index contributed by atoms with van der Waals surface area (Å²) in [5.41, 5.74) is 0.977. The number of likely N-dealkylation sites (tertiary alicyclic amines) is 1. The number of methoxy groups -OCH3 is 1. The third kappa shape index (κ3) is 4.35. The van der Waals surface area contributed by atoms with Gasteiger partial charge in [-0.05, 0) is 55.7 Å². The van der Waals surface area contributed by atoms with Gasteiger partial charge in [0.05, 0.1) is 31.4 Å². The number of ketones is 1. The summed E-state index contributed by atoms with van der Waals surface area (Å²) in [6.07, 6.45) is 1.52. The number of ether oxygens (including phenoxy) is 5. The second-order valence-electron chi connectivity index (χ2n) is 8.79. The Morgan fingerprint density at radius 2 is 1.86 bits per heavy atom. The van der Waals surface area contributed by atoms with Crippen LogP contribution in [0.1, 0.15) is 36.9 Å². The van der Waals surface area contributed by atoms with Gasteiger partial charge < -0.3 is 33.7 Å². The Hall–Kier alpha value is -3.72. The Kier molecular flexibility index (Phi) is 6.73. The van der Waals surface area contributed by atoms with Crippen molar-refractivity contribution < 1.29 is 38.4 Å². The molecule has 0 spiro atoms. The van der Waals surface area contributed by atoms with Gasteiger partial charge in [0.15, 0.2) is 23.0 Å². The van der Waals surface area contributed by atoms with Crippen molar-refractivity contribution in [3.05, 3.63) is 53.1 Å². The van der Waals surface area contributed by atoms with E-state index in [1.54, 1.807) is 36.4 Å². The zero-order valence-electron chi connectivity index (χ0n) is 20.3. The Labute approximate surface area is 209 Å². The highest BCUT2D eigenvalue weighted by Crippen LogP contribution is 2.43. The number of amides is 1. The first-order valence-electron chi connectivity index (χ1n) is 12.1. The van der Waals surface area contributed by atoms with Crippen molar-refractivity contribution in [2.45, 2.75) is 31.9 Å². The van der Waals surface area contributed by atoms with E-state index in [0.717, 1.165) is 12.8 Å². The quantitative estimate of drug-likeness (QED) is 0.354. The third-order valence-electron chi connectivity index (χ3n) is 6.58. The summed E-state index contributed by atoms with van der Waals surface area (Å²) in [6.45, 7) is 4.01. The molecule has 9 heteroatoms. The number of fused-ring (bicyclic) bond motifs is 1. The lowest BCUT2D eigenvalue weighted by Crippen LogP contribution is -2.36. The lowest BCUT2D eigenvalue weighted by Gasteiger charge is -2.28. The van der Waals surface area contributed by atoms with E-state index in [4.69, 9.17) is 23.7 Å². The van der Waals surface area contributed by atoms with Crippen molar-refractivity contribution in [1.82, 2.24) is 4.90 Å². The zero-order chi connectivity index (χ0) is 25.2. The molecule has 0 aliphatic carbocycles. The van der Waals surface area contributed by atoms with Crippen LogP contribution in [0.3, 0.4) is 0 Å². The number of aliphatic hydroxyl groups excluding tert-OH is 1. The van der Waals surface area contributed by atoms with Gasteiger partial charge in [-0.25, -0.2) is 0 Å². The van der Waals surface area contributed by atoms with Crippen molar-refractivity contribution in [3.8, 4) is 23.0 Å². The molecular formula is C27H29NO8. The molecule has 1 N–H and O–H groups in total. The van der Waals surface area contributed by atoms with Gasteiger partial charge in [-0.15, -0.1) is 0 Å². The number of hydrogen-bond donors (Lipinski definition) is 1. The Balaban J connectivity index is 1.61. The van der Waals surface area contributed by atoms with E-state index in [1.807, 2.05) is 6.92 Å². The third-order valence-corrected chi connectivity index (χ3v) is 6.58. The fraction of sp³-hybridized carbons (Fsp3) is 0.407. The lowest BCUT2D eigenvalue weighted by atomic mass is 9.94. The molecule has 3 aliphatic heterocycles. The Morgan fingerprint density at radius 3 is 2.58 bits per heavy atom. The maximum absolute atomic E-state index is 13.3. The van der Waals surface area contributed by atoms with Crippen LogP contribution >= 0.6 is 0 Å². The van der Waals surface area contributed by atoms with Crippen LogP contribution in [0.5, 0.6) is 23.0 Å². The van der Waals surface area contributed by atoms with Crippen LogP contribution < -0.4 is 18.9 Å². The summed E-state index contributed by atoms with van der Waals surface area (Å²) in [7, 11) is 1.53. The maximum Gasteiger partial charge on any atom is 0.295 e. The van der Waals surface area contributed by atoms with Gasteiger partial charge in [0, 0.05) is 18.7 Å².